The summed E-state index contributed by atoms with van der Waals surface area (Å²) in [6.45, 7) is 3.24. The van der Waals surface area contributed by atoms with E-state index in [2.05, 4.69) is 0 Å². The molecule has 1 aliphatic heterocycles. The van der Waals surface area contributed by atoms with Crippen LogP contribution in [0.2, 0.25) is 0 Å². The average Bonchev–Trinajstić information content (AvgIpc) is 2.71. The molecule has 5 nitrogen and oxygen atoms in total. The Kier molecular flexibility index (Phi) is 5.48. The summed E-state index contributed by atoms with van der Waals surface area (Å²) in [5.41, 5.74) is 0.746. The van der Waals surface area contributed by atoms with Gasteiger partial charge >= 0.3 is 0 Å². The zero-order valence-corrected chi connectivity index (χ0v) is 13.8. The van der Waals surface area contributed by atoms with Crippen molar-refractivity contribution in [3.63, 3.8) is 0 Å². The molecule has 7 heteroatoms. The lowest BCUT2D eigenvalue weighted by Gasteiger charge is -2.23. The van der Waals surface area contributed by atoms with Crippen LogP contribution in [0.15, 0.2) is 23.1 Å². The Morgan fingerprint density at radius 2 is 2.24 bits per heavy atom. The van der Waals surface area contributed by atoms with Crippen molar-refractivity contribution in [3.05, 3.63) is 23.8 Å². The van der Waals surface area contributed by atoms with Crippen LogP contribution in [-0.4, -0.2) is 45.6 Å². The number of rotatable bonds is 4. The lowest BCUT2D eigenvalue weighted by atomic mass is 10.2. The standard InChI is InChI=1S/C14H20ClNO4S/c1-11-10-16(6-3-7-20-11)21(17,18)14-8-12(9-15)4-5-13(14)19-2/h4-5,8,11H,3,6-7,9-10H2,1-2H3. The molecule has 21 heavy (non-hydrogen) atoms. The van der Waals surface area contributed by atoms with Crippen LogP contribution < -0.4 is 4.74 Å². The maximum Gasteiger partial charge on any atom is 0.246 e. The van der Waals surface area contributed by atoms with Crippen molar-refractivity contribution < 1.29 is 17.9 Å². The van der Waals surface area contributed by atoms with E-state index in [1.807, 2.05) is 6.92 Å². The summed E-state index contributed by atoms with van der Waals surface area (Å²) in [6, 6.07) is 4.99. The lowest BCUT2D eigenvalue weighted by molar-refractivity contribution is 0.0752. The smallest absolute Gasteiger partial charge is 0.246 e. The van der Waals surface area contributed by atoms with Crippen molar-refractivity contribution in [1.82, 2.24) is 4.31 Å². The number of benzene rings is 1. The number of hydrogen-bond donors (Lipinski definition) is 0. The van der Waals surface area contributed by atoms with Gasteiger partial charge in [0.1, 0.15) is 10.6 Å². The van der Waals surface area contributed by atoms with Crippen molar-refractivity contribution in [2.75, 3.05) is 26.8 Å². The molecular formula is C14H20ClNO4S. The van der Waals surface area contributed by atoms with Gasteiger partial charge in [0, 0.05) is 25.6 Å². The Balaban J connectivity index is 2.42. The Bertz CT molecular complexity index is 591. The van der Waals surface area contributed by atoms with Gasteiger partial charge in [0.25, 0.3) is 0 Å². The van der Waals surface area contributed by atoms with Crippen LogP contribution in [-0.2, 0) is 20.6 Å². The van der Waals surface area contributed by atoms with Gasteiger partial charge in [-0.25, -0.2) is 8.42 Å². The molecule has 0 radical (unpaired) electrons. The molecule has 1 aliphatic rings. The van der Waals surface area contributed by atoms with Crippen LogP contribution in [0, 0.1) is 0 Å². The molecule has 1 aromatic carbocycles. The van der Waals surface area contributed by atoms with Crippen molar-refractivity contribution in [1.29, 1.82) is 0 Å². The first-order valence-electron chi connectivity index (χ1n) is 6.83. The first kappa shape index (κ1) is 16.5. The van der Waals surface area contributed by atoms with Crippen LogP contribution in [0.3, 0.4) is 0 Å². The quantitative estimate of drug-likeness (QED) is 0.793. The van der Waals surface area contributed by atoms with E-state index in [0.29, 0.717) is 31.9 Å². The van der Waals surface area contributed by atoms with Crippen LogP contribution in [0.1, 0.15) is 18.9 Å². The van der Waals surface area contributed by atoms with Gasteiger partial charge in [-0.05, 0) is 31.0 Å². The predicted molar refractivity (Wildman–Crippen MR) is 81.3 cm³/mol. The fourth-order valence-electron chi connectivity index (χ4n) is 2.32. The van der Waals surface area contributed by atoms with Crippen LogP contribution in [0.25, 0.3) is 0 Å². The number of nitrogens with zero attached hydrogens (tertiary/aromatic N) is 1. The highest BCUT2D eigenvalue weighted by Gasteiger charge is 2.30. The maximum absolute atomic E-state index is 12.9. The summed E-state index contributed by atoms with van der Waals surface area (Å²) >= 11 is 5.81. The molecule has 1 atom stereocenters. The second kappa shape index (κ2) is 6.96. The molecule has 1 saturated heterocycles. The Morgan fingerprint density at radius 3 is 2.90 bits per heavy atom. The van der Waals surface area contributed by atoms with E-state index >= 15 is 0 Å². The van der Waals surface area contributed by atoms with E-state index in [4.69, 9.17) is 21.1 Å². The van der Waals surface area contributed by atoms with Gasteiger partial charge in [0.05, 0.1) is 13.2 Å². The number of sulfonamides is 1. The first-order chi connectivity index (χ1) is 9.98. The maximum atomic E-state index is 12.9. The van der Waals surface area contributed by atoms with Crippen LogP contribution >= 0.6 is 11.6 Å². The van der Waals surface area contributed by atoms with E-state index in [0.717, 1.165) is 5.56 Å². The number of halogens is 1. The molecule has 0 N–H and O–H groups in total. The molecule has 118 valence electrons. The van der Waals surface area contributed by atoms with Crippen LogP contribution in [0.5, 0.6) is 5.75 Å². The summed E-state index contributed by atoms with van der Waals surface area (Å²) in [4.78, 5) is 0.164. The van der Waals surface area contributed by atoms with E-state index in [-0.39, 0.29) is 16.9 Å². The Morgan fingerprint density at radius 1 is 1.48 bits per heavy atom. The topological polar surface area (TPSA) is 55.8 Å². The highest BCUT2D eigenvalue weighted by Crippen LogP contribution is 2.29. The average molecular weight is 334 g/mol. The minimum Gasteiger partial charge on any atom is -0.495 e. The largest absolute Gasteiger partial charge is 0.495 e. The molecule has 0 aromatic heterocycles. The van der Waals surface area contributed by atoms with Gasteiger partial charge in [-0.15, -0.1) is 11.6 Å². The van der Waals surface area contributed by atoms with E-state index in [9.17, 15) is 8.42 Å². The third kappa shape index (κ3) is 3.69. The molecule has 0 saturated carbocycles. The number of hydrogen-bond acceptors (Lipinski definition) is 4. The summed E-state index contributed by atoms with van der Waals surface area (Å²) in [6.07, 6.45) is 0.561. The summed E-state index contributed by atoms with van der Waals surface area (Å²) in [5.74, 6) is 0.591. The summed E-state index contributed by atoms with van der Waals surface area (Å²) in [5, 5.41) is 0. The molecule has 0 aliphatic carbocycles. The normalized spacial score (nSPS) is 21.0. The SMILES string of the molecule is COc1ccc(CCl)cc1S(=O)(=O)N1CCCOC(C)C1. The fourth-order valence-corrected chi connectivity index (χ4v) is 4.25. The third-order valence-corrected chi connectivity index (χ3v) is 5.61. The highest BCUT2D eigenvalue weighted by molar-refractivity contribution is 7.89. The molecule has 1 unspecified atom stereocenters. The zero-order chi connectivity index (χ0) is 15.5. The molecule has 0 bridgehead atoms. The van der Waals surface area contributed by atoms with Gasteiger partial charge in [-0.3, -0.25) is 0 Å². The zero-order valence-electron chi connectivity index (χ0n) is 12.2. The fraction of sp³-hybridized carbons (Fsp3) is 0.571. The number of methoxy groups -OCH3 is 1. The van der Waals surface area contributed by atoms with Gasteiger partial charge in [0.2, 0.25) is 10.0 Å². The van der Waals surface area contributed by atoms with Gasteiger partial charge in [-0.1, -0.05) is 6.07 Å². The van der Waals surface area contributed by atoms with Crippen molar-refractivity contribution in [2.24, 2.45) is 0 Å². The Hall–Kier alpha value is -0.820. The second-order valence-corrected chi connectivity index (χ2v) is 7.19. The number of ether oxygens (including phenoxy) is 2. The Labute approximate surface area is 130 Å². The minimum absolute atomic E-state index is 0.121. The van der Waals surface area contributed by atoms with Crippen molar-refractivity contribution in [3.8, 4) is 5.75 Å². The van der Waals surface area contributed by atoms with Gasteiger partial charge in [0.15, 0.2) is 0 Å². The molecular weight excluding hydrogens is 314 g/mol. The first-order valence-corrected chi connectivity index (χ1v) is 8.81. The highest BCUT2D eigenvalue weighted by atomic mass is 35.5. The lowest BCUT2D eigenvalue weighted by Crippen LogP contribution is -2.36. The minimum atomic E-state index is -3.62. The van der Waals surface area contributed by atoms with Crippen molar-refractivity contribution in [2.45, 2.75) is 30.2 Å². The monoisotopic (exact) mass is 333 g/mol. The third-order valence-electron chi connectivity index (χ3n) is 3.42. The molecule has 0 amide bonds. The summed E-state index contributed by atoms with van der Waals surface area (Å²) in [7, 11) is -2.16. The van der Waals surface area contributed by atoms with E-state index in [1.54, 1.807) is 18.2 Å². The number of alkyl halides is 1. The van der Waals surface area contributed by atoms with Gasteiger partial charge < -0.3 is 9.47 Å². The second-order valence-electron chi connectivity index (χ2n) is 5.02. The molecule has 1 aromatic rings. The molecule has 2 rings (SSSR count). The van der Waals surface area contributed by atoms with E-state index < -0.39 is 10.0 Å². The molecule has 0 spiro atoms. The summed E-state index contributed by atoms with van der Waals surface area (Å²) < 4.78 is 37.9. The van der Waals surface area contributed by atoms with E-state index in [1.165, 1.54) is 11.4 Å². The van der Waals surface area contributed by atoms with Crippen LogP contribution in [0.4, 0.5) is 0 Å². The molecule has 1 fully saturated rings. The van der Waals surface area contributed by atoms with Crippen molar-refractivity contribution >= 4 is 21.6 Å². The molecule has 1 heterocycles. The van der Waals surface area contributed by atoms with Gasteiger partial charge in [-0.2, -0.15) is 4.31 Å². The predicted octanol–water partition coefficient (Wildman–Crippen LogP) is 2.23.